The van der Waals surface area contributed by atoms with Gasteiger partial charge in [-0.25, -0.2) is 5.84 Å². The molecule has 0 unspecified atom stereocenters. The van der Waals surface area contributed by atoms with Crippen molar-refractivity contribution in [3.63, 3.8) is 0 Å². The lowest BCUT2D eigenvalue weighted by Gasteiger charge is -2.20. The number of hydrogen-bond acceptors (Lipinski definition) is 3. The first kappa shape index (κ1) is 14.3. The van der Waals surface area contributed by atoms with Crippen molar-refractivity contribution < 1.29 is 4.74 Å². The highest BCUT2D eigenvalue weighted by atomic mass is 16.5. The van der Waals surface area contributed by atoms with Gasteiger partial charge in [-0.3, -0.25) is 10.4 Å². The van der Waals surface area contributed by atoms with E-state index >= 15 is 0 Å². The Morgan fingerprint density at radius 1 is 1.35 bits per heavy atom. The van der Waals surface area contributed by atoms with Crippen molar-refractivity contribution in [3.8, 4) is 0 Å². The zero-order chi connectivity index (χ0) is 12.3. The molecule has 0 saturated heterocycles. The highest BCUT2D eigenvalue weighted by Gasteiger charge is 2.12. The molecule has 0 bridgehead atoms. The summed E-state index contributed by atoms with van der Waals surface area (Å²) in [6, 6.07) is 0. The van der Waals surface area contributed by atoms with E-state index in [0.29, 0.717) is 5.96 Å². The summed E-state index contributed by atoms with van der Waals surface area (Å²) in [7, 11) is 1.71. The number of hydrazine groups is 1. The second-order valence-corrected chi connectivity index (χ2v) is 4.61. The van der Waals surface area contributed by atoms with Gasteiger partial charge in [-0.15, -0.1) is 0 Å². The van der Waals surface area contributed by atoms with Crippen LogP contribution >= 0.6 is 0 Å². The highest BCUT2D eigenvalue weighted by molar-refractivity contribution is 5.79. The Hall–Kier alpha value is -0.810. The Bertz CT molecular complexity index is 215. The molecule has 0 atom stereocenters. The molecular formula is C12H26N4O. The minimum Gasteiger partial charge on any atom is -0.385 e. The van der Waals surface area contributed by atoms with Crippen molar-refractivity contribution in [3.05, 3.63) is 0 Å². The summed E-state index contributed by atoms with van der Waals surface area (Å²) in [6.45, 7) is 2.48. The monoisotopic (exact) mass is 242 g/mol. The lowest BCUT2D eigenvalue weighted by molar-refractivity contribution is 0.195. The summed E-state index contributed by atoms with van der Waals surface area (Å²) < 4.78 is 4.98. The minimum absolute atomic E-state index is 0.701. The highest BCUT2D eigenvalue weighted by Crippen LogP contribution is 2.23. The average molecular weight is 242 g/mol. The van der Waals surface area contributed by atoms with E-state index in [0.717, 1.165) is 32.0 Å². The van der Waals surface area contributed by atoms with E-state index < -0.39 is 0 Å². The van der Waals surface area contributed by atoms with Gasteiger partial charge in [0.05, 0.1) is 0 Å². The minimum atomic E-state index is 0.701. The normalized spacial score (nSPS) is 18.1. The Labute approximate surface area is 104 Å². The van der Waals surface area contributed by atoms with E-state index in [1.54, 1.807) is 7.11 Å². The number of rotatable bonds is 6. The average Bonchev–Trinajstić information content (AvgIpc) is 2.39. The van der Waals surface area contributed by atoms with Gasteiger partial charge in [-0.05, 0) is 25.2 Å². The molecule has 0 aliphatic heterocycles. The van der Waals surface area contributed by atoms with Gasteiger partial charge in [0, 0.05) is 26.8 Å². The SMILES string of the molecule is COCCCNC(=NCC1CCCCC1)NN. The van der Waals surface area contributed by atoms with Gasteiger partial charge in [0.1, 0.15) is 0 Å². The van der Waals surface area contributed by atoms with Crippen LogP contribution in [0.4, 0.5) is 0 Å². The van der Waals surface area contributed by atoms with Crippen molar-refractivity contribution >= 4 is 5.96 Å². The van der Waals surface area contributed by atoms with E-state index in [-0.39, 0.29) is 0 Å². The molecule has 1 aliphatic rings. The van der Waals surface area contributed by atoms with Crippen LogP contribution in [0.2, 0.25) is 0 Å². The van der Waals surface area contributed by atoms with Crippen LogP contribution in [0.1, 0.15) is 38.5 Å². The molecule has 100 valence electrons. The molecule has 0 spiro atoms. The van der Waals surface area contributed by atoms with Gasteiger partial charge in [-0.2, -0.15) is 0 Å². The van der Waals surface area contributed by atoms with Crippen LogP contribution in [0.25, 0.3) is 0 Å². The molecule has 1 fully saturated rings. The molecule has 1 saturated carbocycles. The van der Waals surface area contributed by atoms with Crippen LogP contribution in [0.15, 0.2) is 4.99 Å². The fourth-order valence-corrected chi connectivity index (χ4v) is 2.17. The van der Waals surface area contributed by atoms with E-state index in [1.807, 2.05) is 0 Å². The second-order valence-electron chi connectivity index (χ2n) is 4.61. The fraction of sp³-hybridized carbons (Fsp3) is 0.917. The molecule has 17 heavy (non-hydrogen) atoms. The number of nitrogens with two attached hydrogens (primary N) is 1. The third kappa shape index (κ3) is 6.48. The van der Waals surface area contributed by atoms with Crippen LogP contribution in [0.5, 0.6) is 0 Å². The van der Waals surface area contributed by atoms with Gasteiger partial charge >= 0.3 is 0 Å². The maximum Gasteiger partial charge on any atom is 0.205 e. The fourth-order valence-electron chi connectivity index (χ4n) is 2.17. The first-order valence-corrected chi connectivity index (χ1v) is 6.60. The summed E-state index contributed by atoms with van der Waals surface area (Å²) in [5, 5.41) is 3.18. The van der Waals surface area contributed by atoms with Crippen LogP contribution < -0.4 is 16.6 Å². The van der Waals surface area contributed by atoms with Gasteiger partial charge < -0.3 is 10.1 Å². The third-order valence-electron chi connectivity index (χ3n) is 3.19. The predicted molar refractivity (Wildman–Crippen MR) is 70.7 cm³/mol. The van der Waals surface area contributed by atoms with Crippen molar-refractivity contribution in [2.75, 3.05) is 26.8 Å². The van der Waals surface area contributed by atoms with Crippen LogP contribution in [0.3, 0.4) is 0 Å². The van der Waals surface area contributed by atoms with Crippen molar-refractivity contribution in [2.24, 2.45) is 16.8 Å². The largest absolute Gasteiger partial charge is 0.385 e. The number of methoxy groups -OCH3 is 1. The topological polar surface area (TPSA) is 71.7 Å². The van der Waals surface area contributed by atoms with E-state index in [4.69, 9.17) is 10.6 Å². The number of nitrogens with one attached hydrogen (secondary N) is 2. The molecule has 0 aromatic carbocycles. The van der Waals surface area contributed by atoms with E-state index in [9.17, 15) is 0 Å². The molecule has 0 heterocycles. The summed E-state index contributed by atoms with van der Waals surface area (Å²) >= 11 is 0. The zero-order valence-electron chi connectivity index (χ0n) is 10.9. The van der Waals surface area contributed by atoms with Crippen molar-refractivity contribution in [2.45, 2.75) is 38.5 Å². The first-order valence-electron chi connectivity index (χ1n) is 6.60. The van der Waals surface area contributed by atoms with Gasteiger partial charge in [0.15, 0.2) is 0 Å². The summed E-state index contributed by atoms with van der Waals surface area (Å²) in [4.78, 5) is 4.49. The number of ether oxygens (including phenoxy) is 1. The summed E-state index contributed by atoms with van der Waals surface area (Å²) in [5.74, 6) is 6.87. The predicted octanol–water partition coefficient (Wildman–Crippen LogP) is 1.01. The summed E-state index contributed by atoms with van der Waals surface area (Å²) in [6.07, 6.45) is 7.67. The second kappa shape index (κ2) is 9.24. The Morgan fingerprint density at radius 2 is 2.12 bits per heavy atom. The lowest BCUT2D eigenvalue weighted by atomic mass is 9.89. The van der Waals surface area contributed by atoms with E-state index in [1.165, 1.54) is 32.1 Å². The number of aliphatic imine (C=N–C) groups is 1. The number of guanidine groups is 1. The molecule has 1 rings (SSSR count). The molecule has 0 aromatic heterocycles. The van der Waals surface area contributed by atoms with Gasteiger partial charge in [-0.1, -0.05) is 19.3 Å². The molecular weight excluding hydrogens is 216 g/mol. The quantitative estimate of drug-likeness (QED) is 0.214. The van der Waals surface area contributed by atoms with Crippen LogP contribution in [-0.2, 0) is 4.74 Å². The lowest BCUT2D eigenvalue weighted by Crippen LogP contribution is -2.42. The van der Waals surface area contributed by atoms with Gasteiger partial charge in [0.2, 0.25) is 5.96 Å². The molecule has 0 radical (unpaired) electrons. The zero-order valence-corrected chi connectivity index (χ0v) is 10.9. The molecule has 0 aromatic rings. The number of nitrogens with zero attached hydrogens (tertiary/aromatic N) is 1. The van der Waals surface area contributed by atoms with Crippen LogP contribution in [0, 0.1) is 5.92 Å². The van der Waals surface area contributed by atoms with Gasteiger partial charge in [0.25, 0.3) is 0 Å². The Balaban J connectivity index is 2.18. The maximum absolute atomic E-state index is 5.43. The van der Waals surface area contributed by atoms with Crippen molar-refractivity contribution in [1.29, 1.82) is 0 Å². The smallest absolute Gasteiger partial charge is 0.205 e. The number of hydrogen-bond donors (Lipinski definition) is 3. The van der Waals surface area contributed by atoms with E-state index in [2.05, 4.69) is 15.7 Å². The molecule has 5 nitrogen and oxygen atoms in total. The molecule has 1 aliphatic carbocycles. The first-order chi connectivity index (χ1) is 8.36. The molecule has 4 N–H and O–H groups in total. The molecule has 5 heteroatoms. The van der Waals surface area contributed by atoms with Crippen LogP contribution in [-0.4, -0.2) is 32.8 Å². The molecule has 0 amide bonds. The Kier molecular flexibility index (Phi) is 7.75. The standard InChI is InChI=1S/C12H26N4O/c1-17-9-5-8-14-12(16-13)15-10-11-6-3-2-4-7-11/h11H,2-10,13H2,1H3,(H2,14,15,16). The third-order valence-corrected chi connectivity index (χ3v) is 3.19. The van der Waals surface area contributed by atoms with Crippen molar-refractivity contribution in [1.82, 2.24) is 10.7 Å². The Morgan fingerprint density at radius 3 is 2.76 bits per heavy atom. The summed E-state index contributed by atoms with van der Waals surface area (Å²) in [5.41, 5.74) is 2.62. The maximum atomic E-state index is 5.43.